The van der Waals surface area contributed by atoms with Crippen LogP contribution < -0.4 is 0 Å². The summed E-state index contributed by atoms with van der Waals surface area (Å²) >= 11 is 0. The first kappa shape index (κ1) is 14.1. The van der Waals surface area contributed by atoms with Gasteiger partial charge in [-0.25, -0.2) is 0 Å². The van der Waals surface area contributed by atoms with Gasteiger partial charge in [-0.15, -0.1) is 0 Å². The Morgan fingerprint density at radius 1 is 0.810 bits per heavy atom. The minimum Gasteiger partial charge on any atom is -0.0763 e. The van der Waals surface area contributed by atoms with E-state index in [1.807, 2.05) is 0 Å². The highest BCUT2D eigenvalue weighted by atomic mass is 14.2. The van der Waals surface area contributed by atoms with E-state index < -0.39 is 0 Å². The zero-order valence-corrected chi connectivity index (χ0v) is 13.2. The summed E-state index contributed by atoms with van der Waals surface area (Å²) in [6.45, 7) is 4.54. The van der Waals surface area contributed by atoms with Crippen molar-refractivity contribution in [2.75, 3.05) is 0 Å². The van der Waals surface area contributed by atoms with Gasteiger partial charge in [0, 0.05) is 0 Å². The predicted molar refractivity (Wildman–Crippen MR) is 91.6 cm³/mol. The Bertz CT molecular complexity index is 647. The molecular weight excluding hydrogens is 252 g/mol. The molecule has 0 nitrogen and oxygen atoms in total. The van der Waals surface area contributed by atoms with E-state index >= 15 is 0 Å². The van der Waals surface area contributed by atoms with Gasteiger partial charge in [-0.1, -0.05) is 62.4 Å². The van der Waals surface area contributed by atoms with Crippen molar-refractivity contribution in [1.29, 1.82) is 0 Å². The van der Waals surface area contributed by atoms with Gasteiger partial charge in [0.2, 0.25) is 0 Å². The topological polar surface area (TPSA) is 0 Å². The van der Waals surface area contributed by atoms with Crippen LogP contribution in [0.5, 0.6) is 0 Å². The number of fused-ring (bicyclic) bond motifs is 1. The molecule has 0 heterocycles. The van der Waals surface area contributed by atoms with E-state index in [-0.39, 0.29) is 0 Å². The van der Waals surface area contributed by atoms with Crippen molar-refractivity contribution in [3.05, 3.63) is 76.4 Å². The van der Waals surface area contributed by atoms with Crippen LogP contribution in [-0.4, -0.2) is 0 Å². The van der Waals surface area contributed by atoms with Crippen LogP contribution in [0.3, 0.4) is 0 Å². The van der Waals surface area contributed by atoms with Gasteiger partial charge in [-0.3, -0.25) is 0 Å². The third kappa shape index (κ3) is 2.81. The Morgan fingerprint density at radius 3 is 2.24 bits per heavy atom. The molecule has 0 fully saturated rings. The lowest BCUT2D eigenvalue weighted by Gasteiger charge is -2.14. The average Bonchev–Trinajstić information content (AvgIpc) is 2.97. The molecule has 21 heavy (non-hydrogen) atoms. The molecule has 0 heteroatoms. The Morgan fingerprint density at radius 2 is 1.52 bits per heavy atom. The summed E-state index contributed by atoms with van der Waals surface area (Å²) in [6, 6.07) is 15.5. The monoisotopic (exact) mass is 276 g/mol. The smallest absolute Gasteiger partial charge is 0.00825 e. The highest BCUT2D eigenvalue weighted by Crippen LogP contribution is 2.36. The fourth-order valence-corrected chi connectivity index (χ4v) is 3.48. The van der Waals surface area contributed by atoms with Gasteiger partial charge in [-0.2, -0.15) is 0 Å². The predicted octanol–water partition coefficient (Wildman–Crippen LogP) is 5.38. The lowest BCUT2D eigenvalue weighted by molar-refractivity contribution is 1.01. The molecule has 0 saturated carbocycles. The summed E-state index contributed by atoms with van der Waals surface area (Å²) in [5, 5.41) is 0. The molecule has 0 saturated heterocycles. The minimum absolute atomic E-state index is 1.13. The molecule has 1 aliphatic rings. The first-order valence-corrected chi connectivity index (χ1v) is 8.20. The summed E-state index contributed by atoms with van der Waals surface area (Å²) in [4.78, 5) is 0. The maximum atomic E-state index is 2.46. The van der Waals surface area contributed by atoms with E-state index in [0.29, 0.717) is 0 Å². The van der Waals surface area contributed by atoms with E-state index in [1.165, 1.54) is 16.7 Å². The van der Waals surface area contributed by atoms with Gasteiger partial charge >= 0.3 is 0 Å². The molecule has 0 radical (unpaired) electrons. The molecule has 0 N–H and O–H groups in total. The summed E-state index contributed by atoms with van der Waals surface area (Å²) in [6.07, 6.45) is 8.19. The molecule has 0 unspecified atom stereocenters. The van der Waals surface area contributed by atoms with Crippen molar-refractivity contribution in [1.82, 2.24) is 0 Å². The minimum atomic E-state index is 1.13. The normalized spacial score (nSPS) is 13.1. The van der Waals surface area contributed by atoms with E-state index in [9.17, 15) is 0 Å². The van der Waals surface area contributed by atoms with Gasteiger partial charge < -0.3 is 0 Å². The van der Waals surface area contributed by atoms with Crippen LogP contribution in [0.1, 0.15) is 48.1 Å². The van der Waals surface area contributed by atoms with E-state index in [0.717, 1.165) is 32.1 Å². The molecule has 0 amide bonds. The molecule has 1 aliphatic carbocycles. The summed E-state index contributed by atoms with van der Waals surface area (Å²) < 4.78 is 0. The van der Waals surface area contributed by atoms with Gasteiger partial charge in [0.25, 0.3) is 0 Å². The van der Waals surface area contributed by atoms with Crippen molar-refractivity contribution in [2.45, 2.75) is 46.0 Å². The van der Waals surface area contributed by atoms with E-state index in [1.54, 1.807) is 16.7 Å². The van der Waals surface area contributed by atoms with Crippen LogP contribution >= 0.6 is 0 Å². The van der Waals surface area contributed by atoms with Gasteiger partial charge in [-0.05, 0) is 65.5 Å². The number of allylic oxidation sites excluding steroid dienone is 2. The molecule has 2 aromatic carbocycles. The molecule has 0 spiro atoms. The third-order valence-electron chi connectivity index (χ3n) is 4.66. The van der Waals surface area contributed by atoms with Crippen molar-refractivity contribution < 1.29 is 0 Å². The van der Waals surface area contributed by atoms with Crippen LogP contribution in [0.25, 0.3) is 5.57 Å². The fourth-order valence-electron chi connectivity index (χ4n) is 3.48. The van der Waals surface area contributed by atoms with Crippen molar-refractivity contribution in [2.24, 2.45) is 0 Å². The second-order valence-corrected chi connectivity index (χ2v) is 5.86. The summed E-state index contributed by atoms with van der Waals surface area (Å²) in [7, 11) is 0. The molecule has 0 aliphatic heterocycles. The summed E-state index contributed by atoms with van der Waals surface area (Å²) in [5.74, 6) is 0. The van der Waals surface area contributed by atoms with Crippen molar-refractivity contribution in [3.8, 4) is 0 Å². The summed E-state index contributed by atoms with van der Waals surface area (Å²) in [5.41, 5.74) is 9.25. The number of hydrogen-bond acceptors (Lipinski definition) is 0. The highest BCUT2D eigenvalue weighted by molar-refractivity contribution is 5.76. The molecule has 0 bridgehead atoms. The largest absolute Gasteiger partial charge is 0.0763 e. The lowest BCUT2D eigenvalue weighted by Crippen LogP contribution is -1.99. The van der Waals surface area contributed by atoms with Crippen LogP contribution in [0.15, 0.2) is 48.5 Å². The Kier molecular flexibility index (Phi) is 4.24. The molecule has 0 aromatic heterocycles. The van der Waals surface area contributed by atoms with Gasteiger partial charge in [0.05, 0.1) is 0 Å². The Hall–Kier alpha value is -1.82. The number of hydrogen-bond donors (Lipinski definition) is 0. The quantitative estimate of drug-likeness (QED) is 0.687. The van der Waals surface area contributed by atoms with E-state index in [4.69, 9.17) is 0 Å². The van der Waals surface area contributed by atoms with Crippen molar-refractivity contribution >= 4 is 5.57 Å². The van der Waals surface area contributed by atoms with Crippen LogP contribution in [0, 0.1) is 0 Å². The van der Waals surface area contributed by atoms with Crippen molar-refractivity contribution in [3.63, 3.8) is 0 Å². The fraction of sp³-hybridized carbons (Fsp3) is 0.333. The lowest BCUT2D eigenvalue weighted by atomic mass is 9.90. The Labute approximate surface area is 128 Å². The third-order valence-corrected chi connectivity index (χ3v) is 4.66. The second-order valence-electron chi connectivity index (χ2n) is 5.86. The van der Waals surface area contributed by atoms with Crippen LogP contribution in [0.4, 0.5) is 0 Å². The zero-order valence-electron chi connectivity index (χ0n) is 13.2. The number of rotatable bonds is 5. The van der Waals surface area contributed by atoms with Gasteiger partial charge in [0.1, 0.15) is 0 Å². The molecule has 2 aromatic rings. The van der Waals surface area contributed by atoms with Gasteiger partial charge in [0.15, 0.2) is 0 Å². The second kappa shape index (κ2) is 6.30. The zero-order chi connectivity index (χ0) is 14.7. The first-order chi connectivity index (χ1) is 10.3. The maximum Gasteiger partial charge on any atom is -0.00825 e. The first-order valence-electron chi connectivity index (χ1n) is 8.20. The Balaban J connectivity index is 1.85. The van der Waals surface area contributed by atoms with Crippen LogP contribution in [-0.2, 0) is 25.7 Å². The molecule has 108 valence electrons. The SMILES string of the molecule is CCc1ccc(CC)c2c1CC=C2CCc1ccccc1. The number of aryl methyl sites for hydroxylation is 3. The number of benzene rings is 2. The standard InChI is InChI=1S/C21H24/c1-3-17-12-13-18(4-2)21-19(14-15-20(17)21)11-10-16-8-6-5-7-9-16/h5-9,12-14H,3-4,10-11,15H2,1-2H3. The average molecular weight is 276 g/mol. The maximum absolute atomic E-state index is 2.46. The highest BCUT2D eigenvalue weighted by Gasteiger charge is 2.19. The molecular formula is C21H24. The van der Waals surface area contributed by atoms with Crippen LogP contribution in [0.2, 0.25) is 0 Å². The molecule has 0 atom stereocenters. The van der Waals surface area contributed by atoms with E-state index in [2.05, 4.69) is 62.4 Å². The molecule has 3 rings (SSSR count).